The van der Waals surface area contributed by atoms with Crippen LogP contribution in [0.25, 0.3) is 10.8 Å². The highest BCUT2D eigenvalue weighted by Gasteiger charge is 2.48. The summed E-state index contributed by atoms with van der Waals surface area (Å²) in [5, 5.41) is 23.2. The van der Waals surface area contributed by atoms with Gasteiger partial charge in [0.2, 0.25) is 0 Å². The predicted molar refractivity (Wildman–Crippen MR) is 127 cm³/mol. The number of nitrogens with two attached hydrogens (primary N) is 1. The molecule has 2 saturated heterocycles. The SMILES string of the molecule is Cc1c(C#N)cccc1[C@@H](N)Nc1nnc(C)c2cnc(N3CC4(COCCN4C)C3)cc12. The van der Waals surface area contributed by atoms with Crippen molar-refractivity contribution >= 4 is 22.4 Å². The van der Waals surface area contributed by atoms with Gasteiger partial charge in [0.05, 0.1) is 36.1 Å². The summed E-state index contributed by atoms with van der Waals surface area (Å²) >= 11 is 0. The molecule has 9 heteroatoms. The average Bonchev–Trinajstić information content (AvgIpc) is 2.80. The van der Waals surface area contributed by atoms with Crippen LogP contribution in [0.15, 0.2) is 30.5 Å². The number of nitrogens with one attached hydrogen (secondary N) is 1. The third kappa shape index (κ3) is 3.66. The molecule has 2 fully saturated rings. The molecule has 3 aromatic rings. The van der Waals surface area contributed by atoms with Gasteiger partial charge in [0, 0.05) is 36.6 Å². The predicted octanol–water partition coefficient (Wildman–Crippen LogP) is 2.10. The number of hydrogen-bond donors (Lipinski definition) is 2. The van der Waals surface area contributed by atoms with Crippen molar-refractivity contribution in [2.75, 3.05) is 50.1 Å². The molecule has 4 heterocycles. The normalized spacial score (nSPS) is 18.7. The van der Waals surface area contributed by atoms with E-state index in [4.69, 9.17) is 15.5 Å². The molecule has 3 N–H and O–H groups in total. The Morgan fingerprint density at radius 3 is 2.82 bits per heavy atom. The fourth-order valence-electron chi connectivity index (χ4n) is 4.75. The second-order valence-corrected chi connectivity index (χ2v) is 9.03. The third-order valence-electron chi connectivity index (χ3n) is 7.00. The van der Waals surface area contributed by atoms with Crippen LogP contribution >= 0.6 is 0 Å². The zero-order valence-electron chi connectivity index (χ0n) is 19.2. The number of anilines is 2. The Hall–Kier alpha value is -3.32. The molecule has 0 aliphatic carbocycles. The lowest BCUT2D eigenvalue weighted by atomic mass is 9.88. The lowest BCUT2D eigenvalue weighted by molar-refractivity contribution is -0.0692. The van der Waals surface area contributed by atoms with Crippen molar-refractivity contribution in [2.24, 2.45) is 5.73 Å². The van der Waals surface area contributed by atoms with Gasteiger partial charge in [-0.25, -0.2) is 4.98 Å². The van der Waals surface area contributed by atoms with Crippen molar-refractivity contribution in [1.82, 2.24) is 20.1 Å². The Kier molecular flexibility index (Phi) is 5.37. The van der Waals surface area contributed by atoms with Crippen LogP contribution in [-0.4, -0.2) is 65.5 Å². The van der Waals surface area contributed by atoms with Crippen molar-refractivity contribution in [3.63, 3.8) is 0 Å². The minimum Gasteiger partial charge on any atom is -0.378 e. The zero-order chi connectivity index (χ0) is 23.2. The van der Waals surface area contributed by atoms with Gasteiger partial charge in [0.25, 0.3) is 0 Å². The Morgan fingerprint density at radius 2 is 2.06 bits per heavy atom. The molecule has 2 aromatic heterocycles. The highest BCUT2D eigenvalue weighted by molar-refractivity contribution is 5.94. The summed E-state index contributed by atoms with van der Waals surface area (Å²) in [6.45, 7) is 8.07. The number of pyridine rings is 1. The van der Waals surface area contributed by atoms with Crippen molar-refractivity contribution < 1.29 is 4.74 Å². The van der Waals surface area contributed by atoms with E-state index in [1.54, 1.807) is 6.07 Å². The highest BCUT2D eigenvalue weighted by Crippen LogP contribution is 2.35. The lowest BCUT2D eigenvalue weighted by Crippen LogP contribution is -2.73. The number of hydrogen-bond acceptors (Lipinski definition) is 9. The third-order valence-corrected chi connectivity index (χ3v) is 7.00. The number of aryl methyl sites for hydroxylation is 1. The fourth-order valence-corrected chi connectivity index (χ4v) is 4.75. The van der Waals surface area contributed by atoms with Gasteiger partial charge in [-0.05, 0) is 44.2 Å². The first-order valence-electron chi connectivity index (χ1n) is 11.1. The van der Waals surface area contributed by atoms with E-state index in [2.05, 4.69) is 44.5 Å². The Bertz CT molecular complexity index is 1250. The zero-order valence-corrected chi connectivity index (χ0v) is 19.2. The van der Waals surface area contributed by atoms with E-state index in [9.17, 15) is 5.26 Å². The molecular weight excluding hydrogens is 416 g/mol. The van der Waals surface area contributed by atoms with Gasteiger partial charge in [-0.1, -0.05) is 12.1 Å². The molecule has 5 rings (SSSR count). The monoisotopic (exact) mass is 444 g/mol. The standard InChI is InChI=1S/C24H28N8O/c1-15-17(10-25)5-4-6-18(15)22(26)28-23-19-9-21(27-11-20(19)16(2)29-30-23)32-12-24(13-32)14-33-8-7-31(24)3/h4-6,9,11,22H,7-8,12-14,26H2,1-3H3,(H,28,30)/t22-/m0/s1. The highest BCUT2D eigenvalue weighted by atomic mass is 16.5. The maximum absolute atomic E-state index is 9.35. The summed E-state index contributed by atoms with van der Waals surface area (Å²) in [6.07, 6.45) is 1.33. The van der Waals surface area contributed by atoms with Crippen LogP contribution in [0.4, 0.5) is 11.6 Å². The largest absolute Gasteiger partial charge is 0.378 e. The molecule has 9 nitrogen and oxygen atoms in total. The van der Waals surface area contributed by atoms with Crippen LogP contribution in [-0.2, 0) is 4.74 Å². The van der Waals surface area contributed by atoms with Crippen molar-refractivity contribution in [3.05, 3.63) is 52.8 Å². The molecule has 0 saturated carbocycles. The molecular formula is C24H28N8O. The van der Waals surface area contributed by atoms with E-state index in [1.165, 1.54) is 0 Å². The van der Waals surface area contributed by atoms with Gasteiger partial charge in [0.15, 0.2) is 5.82 Å². The topological polar surface area (TPSA) is 116 Å². The van der Waals surface area contributed by atoms with Gasteiger partial charge in [0.1, 0.15) is 12.0 Å². The van der Waals surface area contributed by atoms with Gasteiger partial charge in [-0.3, -0.25) is 4.90 Å². The quantitative estimate of drug-likeness (QED) is 0.584. The van der Waals surface area contributed by atoms with E-state index in [0.717, 1.165) is 66.3 Å². The summed E-state index contributed by atoms with van der Waals surface area (Å²) in [7, 11) is 2.17. The number of ether oxygens (including phenoxy) is 1. The average molecular weight is 445 g/mol. The Balaban J connectivity index is 1.44. The van der Waals surface area contributed by atoms with Crippen LogP contribution in [0.5, 0.6) is 0 Å². The van der Waals surface area contributed by atoms with Crippen LogP contribution in [0, 0.1) is 25.2 Å². The summed E-state index contributed by atoms with van der Waals surface area (Å²) in [4.78, 5) is 9.38. The maximum Gasteiger partial charge on any atom is 0.158 e. The van der Waals surface area contributed by atoms with E-state index in [0.29, 0.717) is 11.4 Å². The van der Waals surface area contributed by atoms with E-state index >= 15 is 0 Å². The number of benzene rings is 1. The number of fused-ring (bicyclic) bond motifs is 1. The van der Waals surface area contributed by atoms with Crippen LogP contribution in [0.1, 0.15) is 28.6 Å². The first-order valence-corrected chi connectivity index (χ1v) is 11.1. The first kappa shape index (κ1) is 21.5. The van der Waals surface area contributed by atoms with Crippen LogP contribution in [0.2, 0.25) is 0 Å². The molecule has 0 amide bonds. The molecule has 2 aliphatic heterocycles. The maximum atomic E-state index is 9.35. The summed E-state index contributed by atoms with van der Waals surface area (Å²) in [5.41, 5.74) is 9.68. The number of nitriles is 1. The Labute approximate surface area is 193 Å². The Morgan fingerprint density at radius 1 is 1.24 bits per heavy atom. The van der Waals surface area contributed by atoms with E-state index < -0.39 is 6.17 Å². The smallest absolute Gasteiger partial charge is 0.158 e. The molecule has 33 heavy (non-hydrogen) atoms. The lowest BCUT2D eigenvalue weighted by Gasteiger charge is -2.56. The number of nitrogens with zero attached hydrogens (tertiary/aromatic N) is 6. The van der Waals surface area contributed by atoms with Gasteiger partial charge < -0.3 is 20.7 Å². The summed E-state index contributed by atoms with van der Waals surface area (Å²) in [6, 6.07) is 9.83. The van der Waals surface area contributed by atoms with E-state index in [1.807, 2.05) is 32.2 Å². The van der Waals surface area contributed by atoms with Gasteiger partial charge in [-0.2, -0.15) is 10.4 Å². The molecule has 2 aliphatic rings. The number of likely N-dealkylation sites (N-methyl/N-ethyl adjacent to an activating group) is 1. The number of rotatable bonds is 4. The summed E-state index contributed by atoms with van der Waals surface area (Å²) < 4.78 is 5.75. The van der Waals surface area contributed by atoms with Gasteiger partial charge in [-0.15, -0.1) is 5.10 Å². The molecule has 0 radical (unpaired) electrons. The minimum absolute atomic E-state index is 0.0635. The fraction of sp³-hybridized carbons (Fsp3) is 0.417. The van der Waals surface area contributed by atoms with Crippen molar-refractivity contribution in [2.45, 2.75) is 25.6 Å². The molecule has 170 valence electrons. The second-order valence-electron chi connectivity index (χ2n) is 9.03. The molecule has 0 bridgehead atoms. The van der Waals surface area contributed by atoms with Crippen LogP contribution < -0.4 is 16.0 Å². The number of morpholine rings is 1. The molecule has 0 unspecified atom stereocenters. The summed E-state index contributed by atoms with van der Waals surface area (Å²) in [5.74, 6) is 1.50. The molecule has 1 atom stereocenters. The van der Waals surface area contributed by atoms with Crippen molar-refractivity contribution in [1.29, 1.82) is 5.26 Å². The van der Waals surface area contributed by atoms with Crippen molar-refractivity contribution in [3.8, 4) is 6.07 Å². The molecule has 1 aromatic carbocycles. The molecule has 1 spiro atoms. The van der Waals surface area contributed by atoms with Gasteiger partial charge >= 0.3 is 0 Å². The second kappa shape index (κ2) is 8.23. The number of aromatic nitrogens is 3. The van der Waals surface area contributed by atoms with E-state index in [-0.39, 0.29) is 5.54 Å². The van der Waals surface area contributed by atoms with Crippen LogP contribution in [0.3, 0.4) is 0 Å². The first-order chi connectivity index (χ1) is 15.9. The minimum atomic E-state index is -0.532.